The van der Waals surface area contributed by atoms with Gasteiger partial charge in [0.25, 0.3) is 5.91 Å². The maximum atomic E-state index is 12.0. The molecule has 0 aromatic carbocycles. The smallest absolute Gasteiger partial charge is 0.252 e. The van der Waals surface area contributed by atoms with E-state index in [9.17, 15) is 4.79 Å². The number of amides is 1. The fourth-order valence-corrected chi connectivity index (χ4v) is 2.87. The summed E-state index contributed by atoms with van der Waals surface area (Å²) in [7, 11) is 0. The van der Waals surface area contributed by atoms with Crippen LogP contribution in [0.25, 0.3) is 0 Å². The van der Waals surface area contributed by atoms with Crippen LogP contribution >= 0.6 is 0 Å². The molecule has 1 unspecified atom stereocenters. The van der Waals surface area contributed by atoms with Crippen molar-refractivity contribution < 1.29 is 9.21 Å². The first kappa shape index (κ1) is 14.7. The second-order valence-corrected chi connectivity index (χ2v) is 5.72. The minimum Gasteiger partial charge on any atom is -0.472 e. The van der Waals surface area contributed by atoms with Crippen LogP contribution in [0.2, 0.25) is 0 Å². The molecule has 1 amide bonds. The number of aromatic nitrogens is 2. The van der Waals surface area contributed by atoms with Gasteiger partial charge >= 0.3 is 0 Å². The van der Waals surface area contributed by atoms with E-state index < -0.39 is 0 Å². The number of hydrogen-bond donors (Lipinski definition) is 1. The first-order valence-corrected chi connectivity index (χ1v) is 7.59. The lowest BCUT2D eigenvalue weighted by Crippen LogP contribution is -2.40. The molecule has 3 heterocycles. The number of nitrogens with one attached hydrogen (secondary N) is 1. The summed E-state index contributed by atoms with van der Waals surface area (Å²) in [5.41, 5.74) is 1.76. The topological polar surface area (TPSA) is 71.3 Å². The fourth-order valence-electron chi connectivity index (χ4n) is 2.87. The van der Waals surface area contributed by atoms with Crippen molar-refractivity contribution in [1.82, 2.24) is 20.4 Å². The van der Waals surface area contributed by atoms with E-state index in [1.165, 1.54) is 18.0 Å². The molecule has 0 saturated carbocycles. The predicted octanol–water partition coefficient (Wildman–Crippen LogP) is 1.71. The zero-order valence-corrected chi connectivity index (χ0v) is 12.4. The Morgan fingerprint density at radius 3 is 3.14 bits per heavy atom. The van der Waals surface area contributed by atoms with Gasteiger partial charge in [0.1, 0.15) is 0 Å². The lowest BCUT2D eigenvalue weighted by molar-refractivity contribution is 0.0930. The van der Waals surface area contributed by atoms with Gasteiger partial charge in [0.2, 0.25) is 0 Å². The largest absolute Gasteiger partial charge is 0.472 e. The van der Waals surface area contributed by atoms with Gasteiger partial charge in [0, 0.05) is 25.2 Å². The summed E-state index contributed by atoms with van der Waals surface area (Å²) in [6.07, 6.45) is 8.83. The molecule has 2 aromatic rings. The molecule has 22 heavy (non-hydrogen) atoms. The minimum atomic E-state index is -0.0816. The Hall–Kier alpha value is -2.21. The zero-order valence-electron chi connectivity index (χ0n) is 12.4. The lowest BCUT2D eigenvalue weighted by Gasteiger charge is -2.32. The first-order valence-electron chi connectivity index (χ1n) is 7.59. The van der Waals surface area contributed by atoms with Gasteiger partial charge in [-0.3, -0.25) is 9.69 Å². The Bertz CT molecular complexity index is 585. The standard InChI is InChI=1S/C16H20N4O2/c21-16(15-3-5-18-19-9-15)17-8-13-2-1-6-20(10-13)11-14-4-7-22-12-14/h3-5,7,9,12-13H,1-2,6,8,10-11H2,(H,17,21). The van der Waals surface area contributed by atoms with Gasteiger partial charge < -0.3 is 9.73 Å². The molecule has 0 aliphatic carbocycles. The average Bonchev–Trinajstić information content (AvgIpc) is 3.07. The first-order chi connectivity index (χ1) is 10.8. The Morgan fingerprint density at radius 2 is 2.36 bits per heavy atom. The third kappa shape index (κ3) is 3.92. The van der Waals surface area contributed by atoms with E-state index in [2.05, 4.69) is 20.4 Å². The fraction of sp³-hybridized carbons (Fsp3) is 0.438. The van der Waals surface area contributed by atoms with Crippen molar-refractivity contribution in [3.05, 3.63) is 48.2 Å². The number of furan rings is 1. The highest BCUT2D eigenvalue weighted by atomic mass is 16.3. The summed E-state index contributed by atoms with van der Waals surface area (Å²) < 4.78 is 5.12. The summed E-state index contributed by atoms with van der Waals surface area (Å²) >= 11 is 0. The molecule has 1 aliphatic heterocycles. The molecular formula is C16H20N4O2. The van der Waals surface area contributed by atoms with Crippen LogP contribution in [-0.4, -0.2) is 40.6 Å². The summed E-state index contributed by atoms with van der Waals surface area (Å²) in [5.74, 6) is 0.404. The molecular weight excluding hydrogens is 280 g/mol. The number of likely N-dealkylation sites (tertiary alicyclic amines) is 1. The molecule has 116 valence electrons. The SMILES string of the molecule is O=C(NCC1CCCN(Cc2ccoc2)C1)c1ccnnc1. The van der Waals surface area contributed by atoms with E-state index in [1.807, 2.05) is 6.07 Å². The molecule has 1 N–H and O–H groups in total. The molecule has 1 aliphatic rings. The van der Waals surface area contributed by atoms with E-state index >= 15 is 0 Å². The zero-order chi connectivity index (χ0) is 15.2. The van der Waals surface area contributed by atoms with Crippen LogP contribution in [0.5, 0.6) is 0 Å². The number of carbonyl (C=O) groups is 1. The third-order valence-electron chi connectivity index (χ3n) is 3.99. The minimum absolute atomic E-state index is 0.0816. The van der Waals surface area contributed by atoms with Crippen molar-refractivity contribution in [2.24, 2.45) is 5.92 Å². The molecule has 1 atom stereocenters. The Morgan fingerprint density at radius 1 is 1.41 bits per heavy atom. The van der Waals surface area contributed by atoms with Crippen molar-refractivity contribution in [3.63, 3.8) is 0 Å². The molecule has 6 heteroatoms. The van der Waals surface area contributed by atoms with Crippen LogP contribution in [0.1, 0.15) is 28.8 Å². The van der Waals surface area contributed by atoms with Crippen LogP contribution in [0.15, 0.2) is 41.5 Å². The molecule has 0 spiro atoms. The number of rotatable bonds is 5. The second kappa shape index (κ2) is 7.17. The van der Waals surface area contributed by atoms with Gasteiger partial charge in [-0.1, -0.05) is 0 Å². The van der Waals surface area contributed by atoms with Gasteiger partial charge in [-0.2, -0.15) is 10.2 Å². The lowest BCUT2D eigenvalue weighted by atomic mass is 9.97. The summed E-state index contributed by atoms with van der Waals surface area (Å²) in [4.78, 5) is 14.4. The number of piperidine rings is 1. The predicted molar refractivity (Wildman–Crippen MR) is 81.1 cm³/mol. The normalized spacial score (nSPS) is 19.0. The summed E-state index contributed by atoms with van der Waals surface area (Å²) in [6, 6.07) is 3.68. The van der Waals surface area contributed by atoms with Gasteiger partial charge in [0.05, 0.1) is 30.5 Å². The molecule has 0 bridgehead atoms. The van der Waals surface area contributed by atoms with Crippen molar-refractivity contribution in [2.45, 2.75) is 19.4 Å². The van der Waals surface area contributed by atoms with Crippen LogP contribution in [0.3, 0.4) is 0 Å². The number of hydrogen-bond acceptors (Lipinski definition) is 5. The van der Waals surface area contributed by atoms with Gasteiger partial charge in [-0.15, -0.1) is 0 Å². The molecule has 1 saturated heterocycles. The van der Waals surface area contributed by atoms with Crippen LogP contribution in [0.4, 0.5) is 0 Å². The average molecular weight is 300 g/mol. The number of carbonyl (C=O) groups excluding carboxylic acids is 1. The van der Waals surface area contributed by atoms with Crippen molar-refractivity contribution >= 4 is 5.91 Å². The monoisotopic (exact) mass is 300 g/mol. The summed E-state index contributed by atoms with van der Waals surface area (Å²) in [5, 5.41) is 10.4. The molecule has 3 rings (SSSR count). The Labute approximate surface area is 129 Å². The van der Waals surface area contributed by atoms with Crippen LogP contribution in [-0.2, 0) is 6.54 Å². The summed E-state index contributed by atoms with van der Waals surface area (Å²) in [6.45, 7) is 3.71. The maximum Gasteiger partial charge on any atom is 0.252 e. The van der Waals surface area contributed by atoms with E-state index in [0.29, 0.717) is 18.0 Å². The second-order valence-electron chi connectivity index (χ2n) is 5.72. The Balaban J connectivity index is 1.47. The van der Waals surface area contributed by atoms with E-state index in [-0.39, 0.29) is 5.91 Å². The third-order valence-corrected chi connectivity index (χ3v) is 3.99. The van der Waals surface area contributed by atoms with Gasteiger partial charge in [0.15, 0.2) is 0 Å². The van der Waals surface area contributed by atoms with E-state index in [4.69, 9.17) is 4.42 Å². The molecule has 2 aromatic heterocycles. The molecule has 6 nitrogen and oxygen atoms in total. The highest BCUT2D eigenvalue weighted by Crippen LogP contribution is 2.18. The van der Waals surface area contributed by atoms with Crippen LogP contribution in [0, 0.1) is 5.92 Å². The van der Waals surface area contributed by atoms with Gasteiger partial charge in [-0.05, 0) is 37.4 Å². The van der Waals surface area contributed by atoms with Crippen molar-refractivity contribution in [2.75, 3.05) is 19.6 Å². The highest BCUT2D eigenvalue weighted by Gasteiger charge is 2.21. The maximum absolute atomic E-state index is 12.0. The Kier molecular flexibility index (Phi) is 4.80. The quantitative estimate of drug-likeness (QED) is 0.910. The molecule has 0 radical (unpaired) electrons. The highest BCUT2D eigenvalue weighted by molar-refractivity contribution is 5.93. The molecule has 1 fully saturated rings. The van der Waals surface area contributed by atoms with E-state index in [0.717, 1.165) is 32.5 Å². The van der Waals surface area contributed by atoms with Crippen molar-refractivity contribution in [3.8, 4) is 0 Å². The number of nitrogens with zero attached hydrogens (tertiary/aromatic N) is 3. The van der Waals surface area contributed by atoms with E-state index in [1.54, 1.807) is 18.6 Å². The van der Waals surface area contributed by atoms with Crippen molar-refractivity contribution in [1.29, 1.82) is 0 Å². The van der Waals surface area contributed by atoms with Gasteiger partial charge in [-0.25, -0.2) is 0 Å². The van der Waals surface area contributed by atoms with Crippen LogP contribution < -0.4 is 5.32 Å².